The highest BCUT2D eigenvalue weighted by Crippen LogP contribution is 2.46. The number of nitrogens with one attached hydrogen (secondary N) is 1. The standard InChI is InChI=1S/C12H14IN3O2/c1-7-8(13)3-2-4-9(7)15-11(17)12(5-6-12)10(14)16-18/h2-4,18H,5-6H2,1H3,(H2,14,16)(H,15,17). The lowest BCUT2D eigenvalue weighted by atomic mass is 10.0. The molecule has 5 nitrogen and oxygen atoms in total. The van der Waals surface area contributed by atoms with Crippen LogP contribution in [0.3, 0.4) is 0 Å². The first-order chi connectivity index (χ1) is 8.51. The fourth-order valence-electron chi connectivity index (χ4n) is 1.81. The van der Waals surface area contributed by atoms with Gasteiger partial charge in [-0.3, -0.25) is 4.79 Å². The zero-order valence-electron chi connectivity index (χ0n) is 9.90. The predicted octanol–water partition coefficient (Wildman–Crippen LogP) is 2.06. The van der Waals surface area contributed by atoms with Crippen molar-refractivity contribution in [1.29, 1.82) is 0 Å². The fraction of sp³-hybridized carbons (Fsp3) is 0.333. The van der Waals surface area contributed by atoms with Crippen molar-refractivity contribution in [2.75, 3.05) is 5.32 Å². The lowest BCUT2D eigenvalue weighted by Gasteiger charge is -2.15. The van der Waals surface area contributed by atoms with Crippen molar-refractivity contribution in [2.45, 2.75) is 19.8 Å². The molecule has 1 fully saturated rings. The van der Waals surface area contributed by atoms with Gasteiger partial charge in [0.1, 0.15) is 5.41 Å². The quantitative estimate of drug-likeness (QED) is 0.254. The van der Waals surface area contributed by atoms with Gasteiger partial charge in [0.25, 0.3) is 0 Å². The molecule has 0 radical (unpaired) electrons. The SMILES string of the molecule is Cc1c(I)cccc1NC(=O)C1(/C(N)=N/O)CC1. The molecule has 2 rings (SSSR count). The van der Waals surface area contributed by atoms with Gasteiger partial charge < -0.3 is 16.3 Å². The second-order valence-electron chi connectivity index (χ2n) is 4.43. The first-order valence-corrected chi connectivity index (χ1v) is 6.64. The zero-order valence-corrected chi connectivity index (χ0v) is 12.1. The van der Waals surface area contributed by atoms with E-state index in [4.69, 9.17) is 10.9 Å². The number of carbonyl (C=O) groups is 1. The number of benzene rings is 1. The third-order valence-corrected chi connectivity index (χ3v) is 4.47. The molecule has 1 aromatic rings. The van der Waals surface area contributed by atoms with E-state index in [1.807, 2.05) is 25.1 Å². The van der Waals surface area contributed by atoms with Crippen molar-refractivity contribution >= 4 is 40.0 Å². The van der Waals surface area contributed by atoms with E-state index < -0.39 is 5.41 Å². The van der Waals surface area contributed by atoms with E-state index in [9.17, 15) is 4.79 Å². The van der Waals surface area contributed by atoms with Gasteiger partial charge in [-0.15, -0.1) is 0 Å². The number of hydrogen-bond donors (Lipinski definition) is 3. The average molecular weight is 359 g/mol. The first kappa shape index (κ1) is 13.1. The maximum absolute atomic E-state index is 12.2. The van der Waals surface area contributed by atoms with Crippen LogP contribution in [0.4, 0.5) is 5.69 Å². The summed E-state index contributed by atoms with van der Waals surface area (Å²) in [7, 11) is 0. The molecule has 4 N–H and O–H groups in total. The van der Waals surface area contributed by atoms with E-state index in [1.165, 1.54) is 0 Å². The number of halogens is 1. The first-order valence-electron chi connectivity index (χ1n) is 5.56. The highest BCUT2D eigenvalue weighted by molar-refractivity contribution is 14.1. The Kier molecular flexibility index (Phi) is 3.47. The smallest absolute Gasteiger partial charge is 0.238 e. The number of anilines is 1. The second-order valence-corrected chi connectivity index (χ2v) is 5.60. The third-order valence-electron chi connectivity index (χ3n) is 3.30. The summed E-state index contributed by atoms with van der Waals surface area (Å²) in [5.41, 5.74) is 6.54. The summed E-state index contributed by atoms with van der Waals surface area (Å²) in [5.74, 6) is -0.216. The van der Waals surface area contributed by atoms with Crippen molar-refractivity contribution in [2.24, 2.45) is 16.3 Å². The summed E-state index contributed by atoms with van der Waals surface area (Å²) < 4.78 is 1.08. The van der Waals surface area contributed by atoms with E-state index in [0.717, 1.165) is 14.8 Å². The molecule has 1 amide bonds. The Morgan fingerprint density at radius 3 is 2.78 bits per heavy atom. The van der Waals surface area contributed by atoms with Gasteiger partial charge >= 0.3 is 0 Å². The minimum absolute atomic E-state index is 0.0109. The number of rotatable bonds is 3. The Morgan fingerprint density at radius 1 is 1.56 bits per heavy atom. The highest BCUT2D eigenvalue weighted by Gasteiger charge is 2.54. The Labute approximate surface area is 119 Å². The number of amides is 1. The van der Waals surface area contributed by atoms with Gasteiger partial charge in [0, 0.05) is 9.26 Å². The molecule has 1 aromatic carbocycles. The molecule has 96 valence electrons. The van der Waals surface area contributed by atoms with E-state index in [-0.39, 0.29) is 11.7 Å². The summed E-state index contributed by atoms with van der Waals surface area (Å²) in [6.07, 6.45) is 1.25. The largest absolute Gasteiger partial charge is 0.409 e. The molecule has 0 bridgehead atoms. The number of oxime groups is 1. The van der Waals surface area contributed by atoms with Crippen LogP contribution in [0, 0.1) is 15.9 Å². The number of carbonyl (C=O) groups excluding carboxylic acids is 1. The van der Waals surface area contributed by atoms with Crippen LogP contribution in [0.2, 0.25) is 0 Å². The molecular weight excluding hydrogens is 345 g/mol. The van der Waals surface area contributed by atoms with Gasteiger partial charge in [0.2, 0.25) is 5.91 Å². The lowest BCUT2D eigenvalue weighted by molar-refractivity contribution is -0.119. The Balaban J connectivity index is 2.20. The summed E-state index contributed by atoms with van der Waals surface area (Å²) in [5, 5.41) is 14.5. The van der Waals surface area contributed by atoms with E-state index in [2.05, 4.69) is 33.1 Å². The van der Waals surface area contributed by atoms with Crippen LogP contribution < -0.4 is 11.1 Å². The van der Waals surface area contributed by atoms with Gasteiger partial charge in [-0.05, 0) is 60.1 Å². The van der Waals surface area contributed by atoms with E-state index >= 15 is 0 Å². The Morgan fingerprint density at radius 2 is 2.22 bits per heavy atom. The highest BCUT2D eigenvalue weighted by atomic mass is 127. The van der Waals surface area contributed by atoms with Gasteiger partial charge in [0.05, 0.1) is 0 Å². The topological polar surface area (TPSA) is 87.7 Å². The maximum Gasteiger partial charge on any atom is 0.238 e. The molecular formula is C12H14IN3O2. The van der Waals surface area contributed by atoms with Gasteiger partial charge in [-0.2, -0.15) is 0 Å². The molecule has 0 unspecified atom stereocenters. The van der Waals surface area contributed by atoms with Crippen molar-refractivity contribution in [3.63, 3.8) is 0 Å². The van der Waals surface area contributed by atoms with E-state index in [0.29, 0.717) is 12.8 Å². The summed E-state index contributed by atoms with van der Waals surface area (Å²) >= 11 is 2.21. The molecule has 0 saturated heterocycles. The molecule has 1 aliphatic rings. The van der Waals surface area contributed by atoms with Crippen LogP contribution in [0.1, 0.15) is 18.4 Å². The average Bonchev–Trinajstić information content (AvgIpc) is 3.15. The lowest BCUT2D eigenvalue weighted by Crippen LogP contribution is -2.36. The van der Waals surface area contributed by atoms with Crippen LogP contribution in [0.15, 0.2) is 23.4 Å². The van der Waals surface area contributed by atoms with Crippen LogP contribution in [0.25, 0.3) is 0 Å². The van der Waals surface area contributed by atoms with Crippen LogP contribution in [-0.2, 0) is 4.79 Å². The number of amidine groups is 1. The molecule has 1 aliphatic carbocycles. The molecule has 0 atom stereocenters. The molecule has 0 spiro atoms. The fourth-order valence-corrected chi connectivity index (χ4v) is 2.30. The molecule has 6 heteroatoms. The Bertz CT molecular complexity index is 524. The summed E-state index contributed by atoms with van der Waals surface area (Å²) in [6.45, 7) is 1.94. The third kappa shape index (κ3) is 2.16. The molecule has 0 aliphatic heterocycles. The minimum Gasteiger partial charge on any atom is -0.409 e. The van der Waals surface area contributed by atoms with Crippen LogP contribution >= 0.6 is 22.6 Å². The van der Waals surface area contributed by atoms with E-state index in [1.54, 1.807) is 0 Å². The molecule has 1 saturated carbocycles. The van der Waals surface area contributed by atoms with Crippen LogP contribution in [-0.4, -0.2) is 17.0 Å². The van der Waals surface area contributed by atoms with Gasteiger partial charge in [0.15, 0.2) is 5.84 Å². The van der Waals surface area contributed by atoms with Gasteiger partial charge in [-0.25, -0.2) is 0 Å². The summed E-state index contributed by atoms with van der Waals surface area (Å²) in [6, 6.07) is 5.70. The number of nitrogens with two attached hydrogens (primary N) is 1. The predicted molar refractivity (Wildman–Crippen MR) is 77.6 cm³/mol. The second kappa shape index (κ2) is 4.75. The number of hydrogen-bond acceptors (Lipinski definition) is 3. The monoisotopic (exact) mass is 359 g/mol. The molecule has 18 heavy (non-hydrogen) atoms. The molecule has 0 heterocycles. The Hall–Kier alpha value is -1.31. The van der Waals surface area contributed by atoms with Crippen molar-refractivity contribution in [3.05, 3.63) is 27.3 Å². The zero-order chi connectivity index (χ0) is 13.3. The van der Waals surface area contributed by atoms with Crippen molar-refractivity contribution < 1.29 is 10.0 Å². The summed E-state index contributed by atoms with van der Waals surface area (Å²) in [4.78, 5) is 12.2. The van der Waals surface area contributed by atoms with Gasteiger partial charge in [-0.1, -0.05) is 11.2 Å². The van der Waals surface area contributed by atoms with Crippen LogP contribution in [0.5, 0.6) is 0 Å². The minimum atomic E-state index is -0.817. The maximum atomic E-state index is 12.2. The number of nitrogens with zero attached hydrogens (tertiary/aromatic N) is 1. The van der Waals surface area contributed by atoms with Crippen molar-refractivity contribution in [1.82, 2.24) is 0 Å². The van der Waals surface area contributed by atoms with Crippen molar-refractivity contribution in [3.8, 4) is 0 Å². The normalized spacial score (nSPS) is 17.3. The molecule has 0 aromatic heterocycles.